The molecular formula is C16H18N4O2S. The van der Waals surface area contributed by atoms with E-state index < -0.39 is 9.84 Å². The van der Waals surface area contributed by atoms with E-state index in [2.05, 4.69) is 16.5 Å². The summed E-state index contributed by atoms with van der Waals surface area (Å²) in [7, 11) is -1.02. The summed E-state index contributed by atoms with van der Waals surface area (Å²) in [4.78, 5) is 0. The Morgan fingerprint density at radius 2 is 2.13 bits per heavy atom. The normalized spacial score (nSPS) is 19.6. The molecule has 0 spiro atoms. The van der Waals surface area contributed by atoms with E-state index in [1.54, 1.807) is 16.8 Å². The van der Waals surface area contributed by atoms with Crippen LogP contribution in [-0.4, -0.2) is 35.7 Å². The summed E-state index contributed by atoms with van der Waals surface area (Å²) < 4.78 is 24.8. The van der Waals surface area contributed by atoms with E-state index in [1.165, 1.54) is 0 Å². The van der Waals surface area contributed by atoms with Gasteiger partial charge in [-0.1, -0.05) is 12.1 Å². The topological polar surface area (TPSA) is 87.8 Å². The highest BCUT2D eigenvalue weighted by atomic mass is 32.2. The molecule has 120 valence electrons. The van der Waals surface area contributed by atoms with Crippen LogP contribution in [0.2, 0.25) is 0 Å². The third-order valence-corrected chi connectivity index (χ3v) is 5.77. The Hall–Kier alpha value is -2.17. The van der Waals surface area contributed by atoms with Gasteiger partial charge in [0.1, 0.15) is 0 Å². The van der Waals surface area contributed by atoms with Crippen LogP contribution in [0.1, 0.15) is 17.5 Å². The van der Waals surface area contributed by atoms with Crippen LogP contribution < -0.4 is 5.32 Å². The summed E-state index contributed by atoms with van der Waals surface area (Å²) in [6.45, 7) is 0.573. The summed E-state index contributed by atoms with van der Waals surface area (Å²) >= 11 is 0. The summed E-state index contributed by atoms with van der Waals surface area (Å²) in [5.74, 6) is 0.472. The molecular weight excluding hydrogens is 312 g/mol. The number of rotatable bonds is 4. The summed E-state index contributed by atoms with van der Waals surface area (Å²) in [6.07, 6.45) is 2.60. The molecule has 1 N–H and O–H groups in total. The minimum atomic E-state index is -2.88. The van der Waals surface area contributed by atoms with Gasteiger partial charge in [-0.3, -0.25) is 4.68 Å². The average molecular weight is 330 g/mol. The number of sulfone groups is 1. The molecule has 0 aliphatic carbocycles. The monoisotopic (exact) mass is 330 g/mol. The number of hydrogen-bond acceptors (Lipinski definition) is 5. The van der Waals surface area contributed by atoms with Crippen LogP contribution in [-0.2, 0) is 23.4 Å². The van der Waals surface area contributed by atoms with Gasteiger partial charge in [0.15, 0.2) is 9.84 Å². The second-order valence-electron chi connectivity index (χ2n) is 5.85. The first-order chi connectivity index (χ1) is 11.0. The van der Waals surface area contributed by atoms with Gasteiger partial charge in [0.25, 0.3) is 0 Å². The van der Waals surface area contributed by atoms with Gasteiger partial charge in [0, 0.05) is 37.0 Å². The molecule has 1 aromatic heterocycles. The first kappa shape index (κ1) is 15.7. The zero-order chi connectivity index (χ0) is 16.4. The summed E-state index contributed by atoms with van der Waals surface area (Å²) in [5.41, 5.74) is 3.42. The molecule has 2 aromatic rings. The predicted octanol–water partition coefficient (Wildman–Crippen LogP) is 1.24. The molecule has 0 unspecified atom stereocenters. The second kappa shape index (κ2) is 6.14. The number of nitriles is 1. The van der Waals surface area contributed by atoms with Gasteiger partial charge >= 0.3 is 0 Å². The standard InChI is InChI=1S/C16H18N4O2S/c1-20-10-14(9-18-15-6-7-23(21,22)11-15)16(19-20)13-4-2-12(8-17)3-5-13/h2-5,10,15,18H,6-7,9,11H2,1H3/t15-/m0/s1. The molecule has 1 aromatic carbocycles. The average Bonchev–Trinajstić information content (AvgIpc) is 3.07. The maximum atomic E-state index is 11.5. The zero-order valence-electron chi connectivity index (χ0n) is 12.9. The number of benzene rings is 1. The third-order valence-electron chi connectivity index (χ3n) is 4.01. The molecule has 1 atom stereocenters. The second-order valence-corrected chi connectivity index (χ2v) is 8.08. The van der Waals surface area contributed by atoms with E-state index in [0.29, 0.717) is 18.5 Å². The van der Waals surface area contributed by atoms with Crippen molar-refractivity contribution in [1.82, 2.24) is 15.1 Å². The van der Waals surface area contributed by atoms with E-state index in [-0.39, 0.29) is 17.5 Å². The van der Waals surface area contributed by atoms with E-state index in [1.807, 2.05) is 25.4 Å². The number of aromatic nitrogens is 2. The van der Waals surface area contributed by atoms with E-state index in [9.17, 15) is 8.42 Å². The molecule has 1 aliphatic heterocycles. The maximum Gasteiger partial charge on any atom is 0.151 e. The van der Waals surface area contributed by atoms with Gasteiger partial charge in [-0.05, 0) is 18.6 Å². The Labute approximate surface area is 135 Å². The minimum Gasteiger partial charge on any atom is -0.309 e. The maximum absolute atomic E-state index is 11.5. The number of nitrogens with one attached hydrogen (secondary N) is 1. The van der Waals surface area contributed by atoms with Crippen LogP contribution in [0, 0.1) is 11.3 Å². The molecule has 3 rings (SSSR count). The fourth-order valence-corrected chi connectivity index (χ4v) is 4.53. The molecule has 7 heteroatoms. The van der Waals surface area contributed by atoms with Gasteiger partial charge in [-0.2, -0.15) is 10.4 Å². The van der Waals surface area contributed by atoms with Crippen LogP contribution >= 0.6 is 0 Å². The van der Waals surface area contributed by atoms with Gasteiger partial charge in [0.2, 0.25) is 0 Å². The Morgan fingerprint density at radius 1 is 1.39 bits per heavy atom. The summed E-state index contributed by atoms with van der Waals surface area (Å²) in [6, 6.07) is 9.40. The van der Waals surface area contributed by atoms with Crippen molar-refractivity contribution >= 4 is 9.84 Å². The lowest BCUT2D eigenvalue weighted by molar-refractivity contribution is 0.554. The fraction of sp³-hybridized carbons (Fsp3) is 0.375. The third kappa shape index (κ3) is 3.60. The number of nitrogens with zero attached hydrogens (tertiary/aromatic N) is 3. The van der Waals surface area contributed by atoms with Crippen molar-refractivity contribution in [3.05, 3.63) is 41.6 Å². The highest BCUT2D eigenvalue weighted by Crippen LogP contribution is 2.23. The molecule has 23 heavy (non-hydrogen) atoms. The Morgan fingerprint density at radius 3 is 2.74 bits per heavy atom. The lowest BCUT2D eigenvalue weighted by Crippen LogP contribution is -2.29. The fourth-order valence-electron chi connectivity index (χ4n) is 2.82. The Bertz CT molecular complexity index is 847. The van der Waals surface area contributed by atoms with Crippen molar-refractivity contribution < 1.29 is 8.42 Å². The number of hydrogen-bond donors (Lipinski definition) is 1. The lowest BCUT2D eigenvalue weighted by atomic mass is 10.1. The van der Waals surface area contributed by atoms with E-state index in [4.69, 9.17) is 5.26 Å². The minimum absolute atomic E-state index is 0.00835. The molecule has 6 nitrogen and oxygen atoms in total. The van der Waals surface area contributed by atoms with Crippen LogP contribution in [0.15, 0.2) is 30.5 Å². The highest BCUT2D eigenvalue weighted by molar-refractivity contribution is 7.91. The summed E-state index contributed by atoms with van der Waals surface area (Å²) in [5, 5.41) is 16.7. The van der Waals surface area contributed by atoms with E-state index >= 15 is 0 Å². The molecule has 0 radical (unpaired) electrons. The highest BCUT2D eigenvalue weighted by Gasteiger charge is 2.27. The Kier molecular flexibility index (Phi) is 4.20. The first-order valence-electron chi connectivity index (χ1n) is 7.44. The van der Waals surface area contributed by atoms with Gasteiger partial charge in [0.05, 0.1) is 28.8 Å². The predicted molar refractivity (Wildman–Crippen MR) is 87.3 cm³/mol. The van der Waals surface area contributed by atoms with Gasteiger partial charge in [-0.25, -0.2) is 8.42 Å². The van der Waals surface area contributed by atoms with Crippen LogP contribution in [0.4, 0.5) is 0 Å². The van der Waals surface area contributed by atoms with Crippen LogP contribution in [0.25, 0.3) is 11.3 Å². The molecule has 1 aliphatic rings. The molecule has 1 saturated heterocycles. The van der Waals surface area contributed by atoms with Gasteiger partial charge < -0.3 is 5.32 Å². The molecule has 0 bridgehead atoms. The van der Waals surface area contributed by atoms with Crippen molar-refractivity contribution in [2.45, 2.75) is 19.0 Å². The number of aryl methyl sites for hydroxylation is 1. The molecule has 1 fully saturated rings. The van der Waals surface area contributed by atoms with Crippen molar-refractivity contribution in [3.63, 3.8) is 0 Å². The molecule has 0 saturated carbocycles. The van der Waals surface area contributed by atoms with Crippen molar-refractivity contribution in [3.8, 4) is 17.3 Å². The van der Waals surface area contributed by atoms with Crippen LogP contribution in [0.3, 0.4) is 0 Å². The molecule has 0 amide bonds. The van der Waals surface area contributed by atoms with Crippen molar-refractivity contribution in [2.75, 3.05) is 11.5 Å². The Balaban J connectivity index is 1.76. The largest absolute Gasteiger partial charge is 0.309 e. The zero-order valence-corrected chi connectivity index (χ0v) is 13.7. The first-order valence-corrected chi connectivity index (χ1v) is 9.26. The lowest BCUT2D eigenvalue weighted by Gasteiger charge is -2.10. The van der Waals surface area contributed by atoms with Gasteiger partial charge in [-0.15, -0.1) is 0 Å². The van der Waals surface area contributed by atoms with Crippen LogP contribution in [0.5, 0.6) is 0 Å². The SMILES string of the molecule is Cn1cc(CN[C@H]2CCS(=O)(=O)C2)c(-c2ccc(C#N)cc2)n1. The quantitative estimate of drug-likeness (QED) is 0.911. The van der Waals surface area contributed by atoms with Crippen molar-refractivity contribution in [2.24, 2.45) is 7.05 Å². The van der Waals surface area contributed by atoms with Crippen molar-refractivity contribution in [1.29, 1.82) is 5.26 Å². The smallest absolute Gasteiger partial charge is 0.151 e. The molecule has 2 heterocycles. The van der Waals surface area contributed by atoms with E-state index in [0.717, 1.165) is 16.8 Å².